The van der Waals surface area contributed by atoms with Gasteiger partial charge in [0.05, 0.1) is 17.5 Å². The van der Waals surface area contributed by atoms with Crippen molar-refractivity contribution in [1.82, 2.24) is 10.6 Å². The number of carbonyl (C=O) groups is 2. The normalized spacial score (nSPS) is 22.2. The van der Waals surface area contributed by atoms with Crippen molar-refractivity contribution in [2.75, 3.05) is 13.1 Å². The van der Waals surface area contributed by atoms with E-state index in [1.54, 1.807) is 12.1 Å². The van der Waals surface area contributed by atoms with Crippen LogP contribution in [0.3, 0.4) is 0 Å². The van der Waals surface area contributed by atoms with Crippen molar-refractivity contribution in [2.45, 2.75) is 31.8 Å². The van der Waals surface area contributed by atoms with Gasteiger partial charge in [0.2, 0.25) is 5.91 Å². The minimum absolute atomic E-state index is 0.0282. The van der Waals surface area contributed by atoms with Gasteiger partial charge in [0.1, 0.15) is 0 Å². The zero-order valence-electron chi connectivity index (χ0n) is 11.3. The number of rotatable bonds is 5. The van der Waals surface area contributed by atoms with Gasteiger partial charge < -0.3 is 15.7 Å². The van der Waals surface area contributed by atoms with E-state index in [1.807, 2.05) is 5.38 Å². The van der Waals surface area contributed by atoms with Crippen LogP contribution in [0.25, 0.3) is 0 Å². The fraction of sp³-hybridized carbons (Fsp3) is 0.571. The Labute approximate surface area is 122 Å². The quantitative estimate of drug-likeness (QED) is 0.762. The molecule has 2 unspecified atom stereocenters. The van der Waals surface area contributed by atoms with Gasteiger partial charge in [-0.3, -0.25) is 9.59 Å². The molecule has 1 aliphatic carbocycles. The van der Waals surface area contributed by atoms with Gasteiger partial charge >= 0.3 is 0 Å². The summed E-state index contributed by atoms with van der Waals surface area (Å²) in [5.74, 6) is -0.304. The number of hydrogen-bond donors (Lipinski definition) is 3. The van der Waals surface area contributed by atoms with E-state index in [4.69, 9.17) is 0 Å². The number of aliphatic hydroxyl groups excluding tert-OH is 1. The first kappa shape index (κ1) is 15.0. The maximum Gasteiger partial charge on any atom is 0.261 e. The van der Waals surface area contributed by atoms with Crippen LogP contribution in [0.1, 0.15) is 35.4 Å². The molecule has 1 aromatic rings. The molecule has 0 saturated heterocycles. The molecule has 1 aliphatic rings. The molecule has 1 heterocycles. The first-order chi connectivity index (χ1) is 9.66. The Bertz CT molecular complexity index is 447. The third-order valence-corrected chi connectivity index (χ3v) is 4.45. The van der Waals surface area contributed by atoms with E-state index < -0.39 is 0 Å². The molecule has 1 fully saturated rings. The van der Waals surface area contributed by atoms with Crippen molar-refractivity contribution in [3.05, 3.63) is 22.4 Å². The number of amides is 2. The molecule has 5 nitrogen and oxygen atoms in total. The van der Waals surface area contributed by atoms with Crippen molar-refractivity contribution < 1.29 is 14.7 Å². The lowest BCUT2D eigenvalue weighted by Crippen LogP contribution is -2.41. The van der Waals surface area contributed by atoms with Crippen LogP contribution in [0.2, 0.25) is 0 Å². The number of hydrogen-bond acceptors (Lipinski definition) is 4. The number of aliphatic hydroxyl groups is 1. The van der Waals surface area contributed by atoms with Crippen LogP contribution in [-0.2, 0) is 4.79 Å². The van der Waals surface area contributed by atoms with Gasteiger partial charge in [-0.05, 0) is 24.3 Å². The molecule has 0 bridgehead atoms. The van der Waals surface area contributed by atoms with Gasteiger partial charge in [-0.1, -0.05) is 18.9 Å². The van der Waals surface area contributed by atoms with Crippen LogP contribution in [0, 0.1) is 5.92 Å². The number of nitrogens with one attached hydrogen (secondary N) is 2. The van der Waals surface area contributed by atoms with Crippen LogP contribution in [0.5, 0.6) is 0 Å². The van der Waals surface area contributed by atoms with Gasteiger partial charge in [-0.2, -0.15) is 0 Å². The average Bonchev–Trinajstić information content (AvgIpc) is 2.98. The largest absolute Gasteiger partial charge is 0.393 e. The minimum atomic E-state index is -0.315. The first-order valence-electron chi connectivity index (χ1n) is 6.93. The Morgan fingerprint density at radius 3 is 2.80 bits per heavy atom. The lowest BCUT2D eigenvalue weighted by molar-refractivity contribution is -0.120. The summed E-state index contributed by atoms with van der Waals surface area (Å²) in [6, 6.07) is 3.51. The van der Waals surface area contributed by atoms with E-state index >= 15 is 0 Å². The van der Waals surface area contributed by atoms with Crippen LogP contribution >= 0.6 is 11.3 Å². The predicted octanol–water partition coefficient (Wildman–Crippen LogP) is 1.15. The molecule has 6 heteroatoms. The van der Waals surface area contributed by atoms with Crippen molar-refractivity contribution >= 4 is 23.2 Å². The van der Waals surface area contributed by atoms with Crippen LogP contribution in [0.15, 0.2) is 17.5 Å². The fourth-order valence-electron chi connectivity index (χ4n) is 2.39. The highest BCUT2D eigenvalue weighted by molar-refractivity contribution is 7.12. The number of carbonyl (C=O) groups excluding carboxylic acids is 2. The summed E-state index contributed by atoms with van der Waals surface area (Å²) in [5.41, 5.74) is 0. The molecular weight excluding hydrogens is 276 g/mol. The lowest BCUT2D eigenvalue weighted by Gasteiger charge is -2.27. The Balaban J connectivity index is 1.66. The summed E-state index contributed by atoms with van der Waals surface area (Å²) in [5, 5.41) is 17.0. The van der Waals surface area contributed by atoms with Crippen molar-refractivity contribution in [3.63, 3.8) is 0 Å². The highest BCUT2D eigenvalue weighted by Crippen LogP contribution is 2.23. The molecule has 110 valence electrons. The Hall–Kier alpha value is -1.40. The summed E-state index contributed by atoms with van der Waals surface area (Å²) < 4.78 is 0. The number of thiophene rings is 1. The summed E-state index contributed by atoms with van der Waals surface area (Å²) >= 11 is 1.34. The summed E-state index contributed by atoms with van der Waals surface area (Å²) in [7, 11) is 0. The maximum absolute atomic E-state index is 11.7. The van der Waals surface area contributed by atoms with Gasteiger partial charge in [-0.25, -0.2) is 0 Å². The van der Waals surface area contributed by atoms with Crippen molar-refractivity contribution in [2.24, 2.45) is 5.92 Å². The predicted molar refractivity (Wildman–Crippen MR) is 77.6 cm³/mol. The van der Waals surface area contributed by atoms with Crippen LogP contribution in [-0.4, -0.2) is 36.1 Å². The van der Waals surface area contributed by atoms with E-state index in [2.05, 4.69) is 10.6 Å². The molecule has 20 heavy (non-hydrogen) atoms. The SMILES string of the molecule is O=C(CNC(=O)c1cccs1)NCC1CCCCC1O. The molecule has 0 aromatic carbocycles. The molecule has 2 amide bonds. The van der Waals surface area contributed by atoms with Crippen LogP contribution in [0.4, 0.5) is 0 Å². The van der Waals surface area contributed by atoms with E-state index in [-0.39, 0.29) is 30.4 Å². The van der Waals surface area contributed by atoms with E-state index in [1.165, 1.54) is 11.3 Å². The smallest absolute Gasteiger partial charge is 0.261 e. The van der Waals surface area contributed by atoms with Gasteiger partial charge in [-0.15, -0.1) is 11.3 Å². The maximum atomic E-state index is 11.7. The van der Waals surface area contributed by atoms with Gasteiger partial charge in [0.15, 0.2) is 0 Å². The van der Waals surface area contributed by atoms with Crippen LogP contribution < -0.4 is 10.6 Å². The topological polar surface area (TPSA) is 78.4 Å². The second kappa shape index (κ2) is 7.40. The lowest BCUT2D eigenvalue weighted by atomic mass is 9.86. The Morgan fingerprint density at radius 1 is 1.30 bits per heavy atom. The molecule has 3 N–H and O–H groups in total. The molecule has 1 saturated carbocycles. The second-order valence-electron chi connectivity index (χ2n) is 5.08. The molecule has 0 radical (unpaired) electrons. The molecule has 2 atom stereocenters. The Morgan fingerprint density at radius 2 is 2.10 bits per heavy atom. The third kappa shape index (κ3) is 4.31. The average molecular weight is 296 g/mol. The van der Waals surface area contributed by atoms with Crippen molar-refractivity contribution in [1.29, 1.82) is 0 Å². The summed E-state index contributed by atoms with van der Waals surface area (Å²) in [4.78, 5) is 23.9. The zero-order chi connectivity index (χ0) is 14.4. The second-order valence-corrected chi connectivity index (χ2v) is 6.02. The van der Waals surface area contributed by atoms with Gasteiger partial charge in [0, 0.05) is 12.5 Å². The minimum Gasteiger partial charge on any atom is -0.393 e. The summed E-state index contributed by atoms with van der Waals surface area (Å²) in [6.07, 6.45) is 3.61. The van der Waals surface area contributed by atoms with Crippen molar-refractivity contribution in [3.8, 4) is 0 Å². The molecule has 0 aliphatic heterocycles. The van der Waals surface area contributed by atoms with E-state index in [0.717, 1.165) is 25.7 Å². The molecule has 2 rings (SSSR count). The Kier molecular flexibility index (Phi) is 5.55. The highest BCUT2D eigenvalue weighted by atomic mass is 32.1. The molecular formula is C14H20N2O3S. The highest BCUT2D eigenvalue weighted by Gasteiger charge is 2.23. The summed E-state index contributed by atoms with van der Waals surface area (Å²) in [6.45, 7) is 0.453. The zero-order valence-corrected chi connectivity index (χ0v) is 12.1. The molecule has 1 aromatic heterocycles. The standard InChI is InChI=1S/C14H20N2O3S/c17-11-5-2-1-4-10(11)8-15-13(18)9-16-14(19)12-6-3-7-20-12/h3,6-7,10-11,17H,1-2,4-5,8-9H2,(H,15,18)(H,16,19). The first-order valence-corrected chi connectivity index (χ1v) is 7.81. The third-order valence-electron chi connectivity index (χ3n) is 3.58. The van der Waals surface area contributed by atoms with E-state index in [0.29, 0.717) is 11.4 Å². The fourth-order valence-corrected chi connectivity index (χ4v) is 3.03. The molecule has 0 spiro atoms. The van der Waals surface area contributed by atoms with Gasteiger partial charge in [0.25, 0.3) is 5.91 Å². The monoisotopic (exact) mass is 296 g/mol. The van der Waals surface area contributed by atoms with E-state index in [9.17, 15) is 14.7 Å².